The highest BCUT2D eigenvalue weighted by molar-refractivity contribution is 9.10. The Bertz CT molecular complexity index is 2010. The van der Waals surface area contributed by atoms with Crippen LogP contribution in [0, 0.1) is 6.92 Å². The summed E-state index contributed by atoms with van der Waals surface area (Å²) in [5.41, 5.74) is 3.96. The number of ether oxygens (including phenoxy) is 3. The number of para-hydroxylation sites is 2. The number of hydrogen-bond acceptors (Lipinski definition) is 7. The average Bonchev–Trinajstić information content (AvgIpc) is 3.05. The summed E-state index contributed by atoms with van der Waals surface area (Å²) in [4.78, 5) is 31.3. The number of halogens is 2. The second-order valence-corrected chi connectivity index (χ2v) is 11.9. The van der Waals surface area contributed by atoms with Gasteiger partial charge < -0.3 is 19.5 Å². The van der Waals surface area contributed by atoms with Crippen molar-refractivity contribution in [2.45, 2.75) is 26.7 Å². The zero-order valence-corrected chi connectivity index (χ0v) is 28.3. The van der Waals surface area contributed by atoms with E-state index < -0.39 is 0 Å². The molecule has 5 rings (SSSR count). The Morgan fingerprint density at radius 1 is 1.04 bits per heavy atom. The van der Waals surface area contributed by atoms with E-state index in [1.54, 1.807) is 43.5 Å². The first-order valence-corrected chi connectivity index (χ1v) is 15.6. The van der Waals surface area contributed by atoms with Crippen molar-refractivity contribution in [1.29, 1.82) is 0 Å². The maximum absolute atomic E-state index is 13.9. The number of nitrogens with one attached hydrogen (secondary N) is 1. The lowest BCUT2D eigenvalue weighted by atomic mass is 9.96. The first kappa shape index (κ1) is 32.7. The number of aryl methyl sites for hydroxylation is 1. The predicted molar refractivity (Wildman–Crippen MR) is 186 cm³/mol. The van der Waals surface area contributed by atoms with Crippen LogP contribution in [0.5, 0.6) is 17.2 Å². The Hall–Kier alpha value is -4.67. The first-order valence-electron chi connectivity index (χ1n) is 14.4. The third-order valence-corrected chi connectivity index (χ3v) is 8.73. The Morgan fingerprint density at radius 2 is 1.74 bits per heavy atom. The van der Waals surface area contributed by atoms with Crippen molar-refractivity contribution in [1.82, 2.24) is 9.66 Å². The molecule has 0 saturated heterocycles. The molecule has 0 spiro atoms. The SMILES string of the molecule is COc1cc(C)c(-c2nc3ccccc3c(=O)n2N=Cc2cc(OC)c(OCC(=O)Nc3ccccc3)c(Cl)c2Br)cc1C(C)C. The van der Waals surface area contributed by atoms with Gasteiger partial charge in [0.05, 0.1) is 31.3 Å². The van der Waals surface area contributed by atoms with E-state index >= 15 is 0 Å². The molecule has 0 bridgehead atoms. The van der Waals surface area contributed by atoms with Crippen molar-refractivity contribution >= 4 is 56.2 Å². The lowest BCUT2D eigenvalue weighted by Crippen LogP contribution is -2.21. The summed E-state index contributed by atoms with van der Waals surface area (Å²) >= 11 is 10.2. The average molecular weight is 704 g/mol. The van der Waals surface area contributed by atoms with Crippen molar-refractivity contribution in [2.75, 3.05) is 26.1 Å². The molecule has 4 aromatic carbocycles. The Kier molecular flexibility index (Phi) is 10.1. The normalized spacial score (nSPS) is 11.3. The molecule has 1 amide bonds. The van der Waals surface area contributed by atoms with E-state index in [4.69, 9.17) is 30.8 Å². The quantitative estimate of drug-likeness (QED) is 0.149. The van der Waals surface area contributed by atoms with E-state index in [2.05, 4.69) is 40.2 Å². The van der Waals surface area contributed by atoms with Crippen molar-refractivity contribution < 1.29 is 19.0 Å². The molecule has 0 radical (unpaired) electrons. The van der Waals surface area contributed by atoms with Gasteiger partial charge in [0.15, 0.2) is 23.9 Å². The van der Waals surface area contributed by atoms with Crippen LogP contribution in [0.3, 0.4) is 0 Å². The minimum Gasteiger partial charge on any atom is -0.496 e. The molecule has 0 saturated carbocycles. The molecule has 0 fully saturated rings. The molecule has 1 N–H and O–H groups in total. The van der Waals surface area contributed by atoms with Gasteiger partial charge in [0.1, 0.15) is 10.8 Å². The summed E-state index contributed by atoms with van der Waals surface area (Å²) in [6.45, 7) is 5.80. The Labute approximate surface area is 279 Å². The van der Waals surface area contributed by atoms with E-state index in [-0.39, 0.29) is 40.5 Å². The third kappa shape index (κ3) is 6.78. The number of methoxy groups -OCH3 is 2. The predicted octanol–water partition coefficient (Wildman–Crippen LogP) is 7.83. The van der Waals surface area contributed by atoms with Gasteiger partial charge in [-0.05, 0) is 82.4 Å². The first-order chi connectivity index (χ1) is 22.1. The fraction of sp³-hybridized carbons (Fsp3) is 0.200. The number of benzene rings is 4. The van der Waals surface area contributed by atoms with Gasteiger partial charge in [-0.15, -0.1) is 0 Å². The molecule has 1 heterocycles. The molecule has 5 aromatic rings. The molecule has 9 nitrogen and oxygen atoms in total. The van der Waals surface area contributed by atoms with E-state index in [0.717, 1.165) is 22.4 Å². The van der Waals surface area contributed by atoms with Gasteiger partial charge in [0.2, 0.25) is 0 Å². The van der Waals surface area contributed by atoms with Gasteiger partial charge in [-0.25, -0.2) is 4.98 Å². The number of anilines is 1. The molecule has 1 aromatic heterocycles. The van der Waals surface area contributed by atoms with Crippen molar-refractivity contribution in [3.63, 3.8) is 0 Å². The Balaban J connectivity index is 1.55. The van der Waals surface area contributed by atoms with Gasteiger partial charge in [0, 0.05) is 21.3 Å². The highest BCUT2D eigenvalue weighted by atomic mass is 79.9. The summed E-state index contributed by atoms with van der Waals surface area (Å²) in [7, 11) is 3.11. The van der Waals surface area contributed by atoms with Crippen molar-refractivity contribution in [2.24, 2.45) is 5.10 Å². The molecular formula is C35H32BrClN4O5. The fourth-order valence-corrected chi connectivity index (χ4v) is 5.59. The number of amides is 1. The van der Waals surface area contributed by atoms with Crippen LogP contribution >= 0.6 is 27.5 Å². The molecule has 236 valence electrons. The van der Waals surface area contributed by atoms with Crippen LogP contribution in [0.2, 0.25) is 5.02 Å². The number of aromatic nitrogens is 2. The zero-order chi connectivity index (χ0) is 33.0. The number of nitrogens with zero attached hydrogens (tertiary/aromatic N) is 3. The largest absolute Gasteiger partial charge is 0.496 e. The molecule has 0 aliphatic carbocycles. The molecule has 11 heteroatoms. The number of carbonyl (C=O) groups is 1. The highest BCUT2D eigenvalue weighted by Gasteiger charge is 2.20. The van der Waals surface area contributed by atoms with E-state index in [0.29, 0.717) is 32.5 Å². The van der Waals surface area contributed by atoms with Crippen LogP contribution in [0.1, 0.15) is 36.5 Å². The minimum absolute atomic E-state index is 0.161. The molecular weight excluding hydrogens is 672 g/mol. The lowest BCUT2D eigenvalue weighted by molar-refractivity contribution is -0.118. The number of hydrogen-bond donors (Lipinski definition) is 1. The van der Waals surface area contributed by atoms with Crippen LogP contribution < -0.4 is 25.1 Å². The van der Waals surface area contributed by atoms with Crippen LogP contribution in [-0.2, 0) is 4.79 Å². The molecule has 0 aliphatic rings. The van der Waals surface area contributed by atoms with E-state index in [1.165, 1.54) is 18.0 Å². The number of fused-ring (bicyclic) bond motifs is 1. The number of rotatable bonds is 10. The standard InChI is InChI=1S/C35H32BrClN4O5/c1-20(2)25-17-26(21(3)15-28(25)44-4)34-40-27-14-10-9-13-24(27)35(43)41(34)38-18-22-16-29(45-5)33(32(37)31(22)36)46-19-30(42)39-23-11-7-6-8-12-23/h6-18,20H,19H2,1-5H3,(H,39,42). The van der Waals surface area contributed by atoms with E-state index in [9.17, 15) is 9.59 Å². The van der Waals surface area contributed by atoms with Crippen molar-refractivity contribution in [3.8, 4) is 28.6 Å². The maximum atomic E-state index is 13.9. The second kappa shape index (κ2) is 14.2. The molecule has 0 unspecified atom stereocenters. The van der Waals surface area contributed by atoms with Crippen LogP contribution in [0.4, 0.5) is 5.69 Å². The van der Waals surface area contributed by atoms with Gasteiger partial charge in [-0.1, -0.05) is 55.8 Å². The molecule has 46 heavy (non-hydrogen) atoms. The van der Waals surface area contributed by atoms with Gasteiger partial charge in [-0.2, -0.15) is 9.78 Å². The summed E-state index contributed by atoms with van der Waals surface area (Å²) < 4.78 is 18.7. The van der Waals surface area contributed by atoms with Gasteiger partial charge >= 0.3 is 0 Å². The van der Waals surface area contributed by atoms with Crippen LogP contribution in [-0.4, -0.2) is 42.6 Å². The van der Waals surface area contributed by atoms with Crippen LogP contribution in [0.25, 0.3) is 22.3 Å². The smallest absolute Gasteiger partial charge is 0.282 e. The topological polar surface area (TPSA) is 104 Å². The summed E-state index contributed by atoms with van der Waals surface area (Å²) in [6, 6.07) is 21.8. The fourth-order valence-electron chi connectivity index (χ4n) is 4.93. The monoisotopic (exact) mass is 702 g/mol. The maximum Gasteiger partial charge on any atom is 0.282 e. The number of carbonyl (C=O) groups excluding carboxylic acids is 1. The summed E-state index contributed by atoms with van der Waals surface area (Å²) in [5.74, 6) is 1.39. The van der Waals surface area contributed by atoms with Gasteiger partial charge in [0.25, 0.3) is 11.5 Å². The second-order valence-electron chi connectivity index (χ2n) is 10.7. The van der Waals surface area contributed by atoms with Crippen molar-refractivity contribution in [3.05, 3.63) is 109 Å². The van der Waals surface area contributed by atoms with Gasteiger partial charge in [-0.3, -0.25) is 9.59 Å². The molecule has 0 aliphatic heterocycles. The lowest BCUT2D eigenvalue weighted by Gasteiger charge is -2.17. The third-order valence-electron chi connectivity index (χ3n) is 7.29. The highest BCUT2D eigenvalue weighted by Crippen LogP contribution is 2.42. The summed E-state index contributed by atoms with van der Waals surface area (Å²) in [5, 5.41) is 7.98. The van der Waals surface area contributed by atoms with E-state index in [1.807, 2.05) is 43.3 Å². The Morgan fingerprint density at radius 3 is 2.43 bits per heavy atom. The summed E-state index contributed by atoms with van der Waals surface area (Å²) in [6.07, 6.45) is 1.49. The zero-order valence-electron chi connectivity index (χ0n) is 25.9. The molecule has 0 atom stereocenters. The van der Waals surface area contributed by atoms with Crippen LogP contribution in [0.15, 0.2) is 87.2 Å². The minimum atomic E-state index is -0.365.